The van der Waals surface area contributed by atoms with Crippen molar-refractivity contribution >= 4 is 34.1 Å². The van der Waals surface area contributed by atoms with Crippen LogP contribution in [-0.2, 0) is 0 Å². The molecular formula is C15H9ClF3N3O2. The van der Waals surface area contributed by atoms with Gasteiger partial charge in [0.1, 0.15) is 11.3 Å². The molecule has 0 saturated heterocycles. The Hall–Kier alpha value is -2.74. The Bertz CT molecular complexity index is 939. The summed E-state index contributed by atoms with van der Waals surface area (Å²) in [7, 11) is 0. The van der Waals surface area contributed by atoms with E-state index in [2.05, 4.69) is 20.0 Å². The molecule has 0 radical (unpaired) electrons. The van der Waals surface area contributed by atoms with Crippen LogP contribution in [0.1, 0.15) is 0 Å². The van der Waals surface area contributed by atoms with Crippen LogP contribution in [0.2, 0.25) is 5.02 Å². The molecular weight excluding hydrogens is 347 g/mol. The maximum absolute atomic E-state index is 12.1. The van der Waals surface area contributed by atoms with Gasteiger partial charge in [0.15, 0.2) is 5.82 Å². The summed E-state index contributed by atoms with van der Waals surface area (Å²) in [6.45, 7) is 0. The fourth-order valence-electron chi connectivity index (χ4n) is 2.04. The van der Waals surface area contributed by atoms with Crippen molar-refractivity contribution in [2.24, 2.45) is 0 Å². The number of anilines is 2. The summed E-state index contributed by atoms with van der Waals surface area (Å²) in [5.41, 5.74) is 0.763. The van der Waals surface area contributed by atoms with Crippen LogP contribution in [0, 0.1) is 0 Å². The normalized spacial score (nSPS) is 11.5. The molecule has 2 aromatic carbocycles. The Balaban J connectivity index is 1.88. The van der Waals surface area contributed by atoms with Crippen LogP contribution >= 0.6 is 11.6 Å². The van der Waals surface area contributed by atoms with Gasteiger partial charge in [-0.05, 0) is 36.4 Å². The van der Waals surface area contributed by atoms with Crippen molar-refractivity contribution in [3.05, 3.63) is 57.8 Å². The Morgan fingerprint density at radius 2 is 1.83 bits per heavy atom. The number of fused-ring (bicyclic) bond motifs is 1. The third-order valence-corrected chi connectivity index (χ3v) is 3.33. The van der Waals surface area contributed by atoms with E-state index in [1.165, 1.54) is 12.1 Å². The summed E-state index contributed by atoms with van der Waals surface area (Å²) in [4.78, 5) is 18.8. The molecule has 0 aliphatic carbocycles. The molecule has 9 heteroatoms. The quantitative estimate of drug-likeness (QED) is 0.738. The standard InChI is InChI=1S/C15H9ClF3N3O2/c16-10-2-1-3-11-12(10)22-13(14(23)21-11)20-8-4-6-9(7-5-8)24-15(17,18)19/h1-7H,(H,20,22)(H,21,23). The number of ether oxygens (including phenoxy) is 1. The van der Waals surface area contributed by atoms with Crippen molar-refractivity contribution in [3.63, 3.8) is 0 Å². The third-order valence-electron chi connectivity index (χ3n) is 3.02. The van der Waals surface area contributed by atoms with Crippen molar-refractivity contribution in [2.45, 2.75) is 6.36 Å². The largest absolute Gasteiger partial charge is 0.573 e. The molecule has 5 nitrogen and oxygen atoms in total. The Kier molecular flexibility index (Phi) is 4.06. The lowest BCUT2D eigenvalue weighted by atomic mass is 10.3. The van der Waals surface area contributed by atoms with Crippen LogP contribution in [0.25, 0.3) is 11.0 Å². The molecule has 0 fully saturated rings. The summed E-state index contributed by atoms with van der Waals surface area (Å²) >= 11 is 6.03. The predicted octanol–water partition coefficient (Wildman–Crippen LogP) is 4.22. The highest BCUT2D eigenvalue weighted by Crippen LogP contribution is 2.25. The highest BCUT2D eigenvalue weighted by molar-refractivity contribution is 6.34. The SMILES string of the molecule is O=c1[nH]c2cccc(Cl)c2nc1Nc1ccc(OC(F)(F)F)cc1. The van der Waals surface area contributed by atoms with E-state index < -0.39 is 11.9 Å². The van der Waals surface area contributed by atoms with Gasteiger partial charge < -0.3 is 15.0 Å². The lowest BCUT2D eigenvalue weighted by Gasteiger charge is -2.10. The van der Waals surface area contributed by atoms with E-state index in [1.54, 1.807) is 18.2 Å². The van der Waals surface area contributed by atoms with Crippen molar-refractivity contribution in [3.8, 4) is 5.75 Å². The lowest BCUT2D eigenvalue weighted by molar-refractivity contribution is -0.274. The molecule has 1 aromatic heterocycles. The van der Waals surface area contributed by atoms with E-state index in [1.807, 2.05) is 0 Å². The van der Waals surface area contributed by atoms with Crippen LogP contribution < -0.4 is 15.6 Å². The zero-order valence-corrected chi connectivity index (χ0v) is 12.6. The molecule has 0 spiro atoms. The number of para-hydroxylation sites is 1. The molecule has 2 N–H and O–H groups in total. The van der Waals surface area contributed by atoms with E-state index in [9.17, 15) is 18.0 Å². The van der Waals surface area contributed by atoms with E-state index in [0.29, 0.717) is 21.7 Å². The maximum atomic E-state index is 12.1. The average molecular weight is 356 g/mol. The number of aromatic amines is 1. The summed E-state index contributed by atoms with van der Waals surface area (Å²) in [6, 6.07) is 9.87. The van der Waals surface area contributed by atoms with Crippen molar-refractivity contribution in [1.82, 2.24) is 9.97 Å². The minimum atomic E-state index is -4.76. The van der Waals surface area contributed by atoms with Crippen LogP contribution in [0.5, 0.6) is 5.75 Å². The molecule has 24 heavy (non-hydrogen) atoms. The summed E-state index contributed by atoms with van der Waals surface area (Å²) in [5.74, 6) is -0.392. The van der Waals surface area contributed by atoms with Gasteiger partial charge in [-0.2, -0.15) is 0 Å². The molecule has 0 amide bonds. The second kappa shape index (κ2) is 6.04. The first kappa shape index (κ1) is 16.1. The monoisotopic (exact) mass is 355 g/mol. The number of halogens is 4. The third kappa shape index (κ3) is 3.60. The Morgan fingerprint density at radius 1 is 1.12 bits per heavy atom. The molecule has 0 aliphatic rings. The molecule has 0 aliphatic heterocycles. The number of hydrogen-bond acceptors (Lipinski definition) is 4. The number of hydrogen-bond donors (Lipinski definition) is 2. The molecule has 0 atom stereocenters. The average Bonchev–Trinajstić information content (AvgIpc) is 2.49. The Morgan fingerprint density at radius 3 is 2.50 bits per heavy atom. The molecule has 3 aromatic rings. The van der Waals surface area contributed by atoms with Gasteiger partial charge >= 0.3 is 6.36 Å². The van der Waals surface area contributed by atoms with Crippen LogP contribution in [0.4, 0.5) is 24.7 Å². The first-order chi connectivity index (χ1) is 11.3. The van der Waals surface area contributed by atoms with Crippen molar-refractivity contribution in [2.75, 3.05) is 5.32 Å². The Labute approximate surface area is 138 Å². The number of rotatable bonds is 3. The van der Waals surface area contributed by atoms with Gasteiger partial charge in [0.05, 0.1) is 10.5 Å². The van der Waals surface area contributed by atoms with Gasteiger partial charge in [0, 0.05) is 5.69 Å². The molecule has 0 saturated carbocycles. The van der Waals surface area contributed by atoms with Crippen molar-refractivity contribution in [1.29, 1.82) is 0 Å². The number of benzene rings is 2. The number of alkyl halides is 3. The van der Waals surface area contributed by atoms with Gasteiger partial charge in [0.2, 0.25) is 0 Å². The molecule has 0 bridgehead atoms. The van der Waals surface area contributed by atoms with Gasteiger partial charge in [-0.15, -0.1) is 13.2 Å². The van der Waals surface area contributed by atoms with Gasteiger partial charge in [-0.25, -0.2) is 4.98 Å². The maximum Gasteiger partial charge on any atom is 0.573 e. The van der Waals surface area contributed by atoms with Gasteiger partial charge in [0.25, 0.3) is 5.56 Å². The van der Waals surface area contributed by atoms with Crippen molar-refractivity contribution < 1.29 is 17.9 Å². The van der Waals surface area contributed by atoms with Crippen LogP contribution in [0.15, 0.2) is 47.3 Å². The molecule has 124 valence electrons. The van der Waals surface area contributed by atoms with Gasteiger partial charge in [-0.3, -0.25) is 4.79 Å². The zero-order chi connectivity index (χ0) is 17.3. The highest BCUT2D eigenvalue weighted by atomic mass is 35.5. The predicted molar refractivity (Wildman–Crippen MR) is 83.8 cm³/mol. The minimum absolute atomic E-state index is 0.0277. The van der Waals surface area contributed by atoms with Crippen LogP contribution in [-0.4, -0.2) is 16.3 Å². The second-order valence-electron chi connectivity index (χ2n) is 4.75. The molecule has 1 heterocycles. The minimum Gasteiger partial charge on any atom is -0.406 e. The number of nitrogens with zero attached hydrogens (tertiary/aromatic N) is 1. The topological polar surface area (TPSA) is 67.0 Å². The van der Waals surface area contributed by atoms with E-state index >= 15 is 0 Å². The summed E-state index contributed by atoms with van der Waals surface area (Å²) in [5, 5.41) is 3.09. The van der Waals surface area contributed by atoms with Crippen LogP contribution in [0.3, 0.4) is 0 Å². The smallest absolute Gasteiger partial charge is 0.406 e. The first-order valence-electron chi connectivity index (χ1n) is 6.63. The summed E-state index contributed by atoms with van der Waals surface area (Å²) in [6.07, 6.45) is -4.76. The van der Waals surface area contributed by atoms with E-state index in [0.717, 1.165) is 12.1 Å². The zero-order valence-electron chi connectivity index (χ0n) is 11.8. The second-order valence-corrected chi connectivity index (χ2v) is 5.15. The number of aromatic nitrogens is 2. The fraction of sp³-hybridized carbons (Fsp3) is 0.0667. The van der Waals surface area contributed by atoms with E-state index in [-0.39, 0.29) is 11.6 Å². The fourth-order valence-corrected chi connectivity index (χ4v) is 2.25. The highest BCUT2D eigenvalue weighted by Gasteiger charge is 2.30. The molecule has 0 unspecified atom stereocenters. The lowest BCUT2D eigenvalue weighted by Crippen LogP contribution is -2.17. The van der Waals surface area contributed by atoms with Gasteiger partial charge in [-0.1, -0.05) is 17.7 Å². The first-order valence-corrected chi connectivity index (χ1v) is 7.01. The number of H-pyrrole nitrogens is 1. The van der Waals surface area contributed by atoms with E-state index in [4.69, 9.17) is 11.6 Å². The molecule has 3 rings (SSSR count). The number of nitrogens with one attached hydrogen (secondary N) is 2. The summed E-state index contributed by atoms with van der Waals surface area (Å²) < 4.78 is 40.1.